The van der Waals surface area contributed by atoms with E-state index in [1.165, 1.54) is 0 Å². The minimum atomic E-state index is -0.451. The lowest BCUT2D eigenvalue weighted by Crippen LogP contribution is -2.18. The molecule has 23 heavy (non-hydrogen) atoms. The Kier molecular flexibility index (Phi) is 4.41. The molecule has 2 N–H and O–H groups in total. The molecule has 0 saturated carbocycles. The standard InChI is InChI=1S/C17H19N3O3/c1-2-23-17(22)12-8-4-5-9-13(12)18-16(21)15-11-7-3-6-10-14(11)19-20-15/h4-5,8-9H,2-3,6-7,10H2,1H3,(H,18,21)(H,19,20). The number of hydrogen-bond donors (Lipinski definition) is 2. The number of aromatic nitrogens is 2. The van der Waals surface area contributed by atoms with Crippen LogP contribution in [0.4, 0.5) is 5.69 Å². The summed E-state index contributed by atoms with van der Waals surface area (Å²) in [5.41, 5.74) is 3.22. The third kappa shape index (κ3) is 3.11. The van der Waals surface area contributed by atoms with E-state index in [0.717, 1.165) is 36.9 Å². The van der Waals surface area contributed by atoms with Gasteiger partial charge in [-0.25, -0.2) is 4.79 Å². The van der Waals surface area contributed by atoms with Crippen LogP contribution in [0.3, 0.4) is 0 Å². The number of rotatable bonds is 4. The molecule has 0 fully saturated rings. The van der Waals surface area contributed by atoms with Crippen LogP contribution >= 0.6 is 0 Å². The Hall–Kier alpha value is -2.63. The first-order valence-corrected chi connectivity index (χ1v) is 7.84. The van der Waals surface area contributed by atoms with Gasteiger partial charge in [-0.05, 0) is 44.7 Å². The number of ether oxygens (including phenoxy) is 1. The fourth-order valence-electron chi connectivity index (χ4n) is 2.83. The van der Waals surface area contributed by atoms with Gasteiger partial charge in [0.2, 0.25) is 0 Å². The summed E-state index contributed by atoms with van der Waals surface area (Å²) in [5, 5.41) is 9.88. The largest absolute Gasteiger partial charge is 0.462 e. The number of carbonyl (C=O) groups is 2. The van der Waals surface area contributed by atoms with Crippen molar-refractivity contribution in [3.05, 3.63) is 46.8 Å². The number of hydrogen-bond acceptors (Lipinski definition) is 4. The molecule has 6 nitrogen and oxygen atoms in total. The molecular weight excluding hydrogens is 294 g/mol. The summed E-state index contributed by atoms with van der Waals surface area (Å²) in [6.07, 6.45) is 3.96. The van der Waals surface area contributed by atoms with Crippen LogP contribution in [0.2, 0.25) is 0 Å². The van der Waals surface area contributed by atoms with Crippen molar-refractivity contribution in [1.82, 2.24) is 10.2 Å². The van der Waals surface area contributed by atoms with Gasteiger partial charge in [0.15, 0.2) is 5.69 Å². The van der Waals surface area contributed by atoms with E-state index in [0.29, 0.717) is 16.9 Å². The number of amides is 1. The lowest BCUT2D eigenvalue weighted by atomic mass is 9.96. The number of nitrogens with one attached hydrogen (secondary N) is 2. The van der Waals surface area contributed by atoms with E-state index in [-0.39, 0.29) is 12.5 Å². The van der Waals surface area contributed by atoms with Crippen molar-refractivity contribution in [3.8, 4) is 0 Å². The van der Waals surface area contributed by atoms with Crippen LogP contribution in [0.1, 0.15) is 51.9 Å². The molecule has 1 aliphatic rings. The summed E-state index contributed by atoms with van der Waals surface area (Å²) in [6.45, 7) is 2.03. The first kappa shape index (κ1) is 15.3. The van der Waals surface area contributed by atoms with Gasteiger partial charge >= 0.3 is 5.97 Å². The average molecular weight is 313 g/mol. The second kappa shape index (κ2) is 6.64. The van der Waals surface area contributed by atoms with Crippen LogP contribution in [-0.2, 0) is 17.6 Å². The van der Waals surface area contributed by atoms with E-state index in [2.05, 4.69) is 15.5 Å². The average Bonchev–Trinajstić information content (AvgIpc) is 2.99. The summed E-state index contributed by atoms with van der Waals surface area (Å²) < 4.78 is 5.02. The lowest BCUT2D eigenvalue weighted by molar-refractivity contribution is 0.0527. The lowest BCUT2D eigenvalue weighted by Gasteiger charge is -2.12. The number of aromatic amines is 1. The predicted molar refractivity (Wildman–Crippen MR) is 85.6 cm³/mol. The van der Waals surface area contributed by atoms with Crippen LogP contribution in [0, 0.1) is 0 Å². The summed E-state index contributed by atoms with van der Waals surface area (Å²) in [5.74, 6) is -0.756. The summed E-state index contributed by atoms with van der Waals surface area (Å²) in [6, 6.07) is 6.81. The minimum Gasteiger partial charge on any atom is -0.462 e. The Balaban J connectivity index is 1.84. The van der Waals surface area contributed by atoms with E-state index in [1.807, 2.05) is 0 Å². The number of aryl methyl sites for hydroxylation is 1. The molecule has 0 atom stereocenters. The first-order chi connectivity index (χ1) is 11.2. The van der Waals surface area contributed by atoms with Gasteiger partial charge in [0, 0.05) is 11.3 Å². The summed E-state index contributed by atoms with van der Waals surface area (Å²) >= 11 is 0. The number of benzene rings is 1. The van der Waals surface area contributed by atoms with Crippen LogP contribution in [0.15, 0.2) is 24.3 Å². The van der Waals surface area contributed by atoms with Gasteiger partial charge in [0.05, 0.1) is 17.9 Å². The van der Waals surface area contributed by atoms with Gasteiger partial charge in [-0.1, -0.05) is 12.1 Å². The highest BCUT2D eigenvalue weighted by molar-refractivity contribution is 6.07. The van der Waals surface area contributed by atoms with Gasteiger partial charge in [0.1, 0.15) is 0 Å². The van der Waals surface area contributed by atoms with Crippen molar-refractivity contribution in [2.45, 2.75) is 32.6 Å². The highest BCUT2D eigenvalue weighted by Crippen LogP contribution is 2.23. The monoisotopic (exact) mass is 313 g/mol. The van der Waals surface area contributed by atoms with Crippen molar-refractivity contribution in [3.63, 3.8) is 0 Å². The number of H-pyrrole nitrogens is 1. The zero-order chi connectivity index (χ0) is 16.2. The van der Waals surface area contributed by atoms with Crippen molar-refractivity contribution < 1.29 is 14.3 Å². The maximum absolute atomic E-state index is 12.5. The maximum atomic E-state index is 12.5. The topological polar surface area (TPSA) is 84.1 Å². The molecule has 0 unspecified atom stereocenters. The summed E-state index contributed by atoms with van der Waals surface area (Å²) in [7, 11) is 0. The molecule has 1 heterocycles. The second-order valence-electron chi connectivity index (χ2n) is 5.46. The number of fused-ring (bicyclic) bond motifs is 1. The van der Waals surface area contributed by atoms with E-state index in [9.17, 15) is 9.59 Å². The van der Waals surface area contributed by atoms with Crippen LogP contribution in [0.25, 0.3) is 0 Å². The third-order valence-corrected chi connectivity index (χ3v) is 3.94. The van der Waals surface area contributed by atoms with E-state index < -0.39 is 5.97 Å². The quantitative estimate of drug-likeness (QED) is 0.850. The van der Waals surface area contributed by atoms with Crippen molar-refractivity contribution >= 4 is 17.6 Å². The molecule has 0 bridgehead atoms. The van der Waals surface area contributed by atoms with Gasteiger partial charge in [-0.15, -0.1) is 0 Å². The first-order valence-electron chi connectivity index (χ1n) is 7.84. The molecule has 0 saturated heterocycles. The molecular formula is C17H19N3O3. The number of anilines is 1. The SMILES string of the molecule is CCOC(=O)c1ccccc1NC(=O)c1n[nH]c2c1CCCC2. The molecule has 1 amide bonds. The molecule has 6 heteroatoms. The third-order valence-electron chi connectivity index (χ3n) is 3.94. The van der Waals surface area contributed by atoms with E-state index in [4.69, 9.17) is 4.74 Å². The zero-order valence-corrected chi connectivity index (χ0v) is 13.0. The van der Waals surface area contributed by atoms with Crippen LogP contribution in [0.5, 0.6) is 0 Å². The highest BCUT2D eigenvalue weighted by Gasteiger charge is 2.23. The fraction of sp³-hybridized carbons (Fsp3) is 0.353. The van der Waals surface area contributed by atoms with Crippen molar-refractivity contribution in [1.29, 1.82) is 0 Å². The van der Waals surface area contributed by atoms with E-state index in [1.54, 1.807) is 31.2 Å². The molecule has 0 spiro atoms. The van der Waals surface area contributed by atoms with Crippen LogP contribution < -0.4 is 5.32 Å². The summed E-state index contributed by atoms with van der Waals surface area (Å²) in [4.78, 5) is 24.5. The zero-order valence-electron chi connectivity index (χ0n) is 13.0. The van der Waals surface area contributed by atoms with Gasteiger partial charge in [0.25, 0.3) is 5.91 Å². The normalized spacial score (nSPS) is 13.3. The van der Waals surface area contributed by atoms with Crippen molar-refractivity contribution in [2.24, 2.45) is 0 Å². The molecule has 1 aromatic heterocycles. The predicted octanol–water partition coefficient (Wildman–Crippen LogP) is 2.72. The van der Waals surface area contributed by atoms with Gasteiger partial charge in [-0.2, -0.15) is 5.10 Å². The highest BCUT2D eigenvalue weighted by atomic mass is 16.5. The Morgan fingerprint density at radius 2 is 2.04 bits per heavy atom. The van der Waals surface area contributed by atoms with Gasteiger partial charge in [-0.3, -0.25) is 9.89 Å². The Labute approximate surface area is 134 Å². The Bertz CT molecular complexity index is 736. The molecule has 1 aromatic carbocycles. The number of esters is 1. The Morgan fingerprint density at radius 3 is 2.87 bits per heavy atom. The van der Waals surface area contributed by atoms with Gasteiger partial charge < -0.3 is 10.1 Å². The number of para-hydroxylation sites is 1. The molecule has 3 rings (SSSR count). The van der Waals surface area contributed by atoms with E-state index >= 15 is 0 Å². The van der Waals surface area contributed by atoms with Crippen LogP contribution in [-0.4, -0.2) is 28.7 Å². The maximum Gasteiger partial charge on any atom is 0.340 e. The molecule has 0 radical (unpaired) electrons. The minimum absolute atomic E-state index is 0.286. The second-order valence-corrected chi connectivity index (χ2v) is 5.46. The van der Waals surface area contributed by atoms with Crippen molar-refractivity contribution in [2.75, 3.05) is 11.9 Å². The molecule has 120 valence electrons. The smallest absolute Gasteiger partial charge is 0.340 e. The molecule has 0 aliphatic heterocycles. The number of carbonyl (C=O) groups excluding carboxylic acids is 2. The fourth-order valence-corrected chi connectivity index (χ4v) is 2.83. The Morgan fingerprint density at radius 1 is 1.26 bits per heavy atom. The number of nitrogens with zero attached hydrogens (tertiary/aromatic N) is 1. The molecule has 1 aliphatic carbocycles. The molecule has 2 aromatic rings.